The number of hydrogen-bond acceptors (Lipinski definition) is 2. The van der Waals surface area contributed by atoms with Crippen LogP contribution in [0.25, 0.3) is 0 Å². The standard InChI is InChI=1S/C36H40N2/c1-5-15-33(16-6-1)23-29-37(30-24-34-17-7-2-8-18-34)27-13-14-28-38(31-25-35-19-9-3-10-20-35)32-26-36-21-11-4-12-22-36/h1-12,15-22H,23-32H2. The normalized spacial score (nSPS) is 10.9. The van der Waals surface area contributed by atoms with Crippen molar-refractivity contribution in [2.75, 3.05) is 39.3 Å². The van der Waals surface area contributed by atoms with E-state index in [0.717, 1.165) is 65.0 Å². The Kier molecular flexibility index (Phi) is 11.7. The van der Waals surface area contributed by atoms with Crippen LogP contribution in [0.1, 0.15) is 22.3 Å². The molecule has 2 nitrogen and oxygen atoms in total. The van der Waals surface area contributed by atoms with Crippen LogP contribution >= 0.6 is 0 Å². The molecular weight excluding hydrogens is 460 g/mol. The molecule has 0 radical (unpaired) electrons. The van der Waals surface area contributed by atoms with E-state index in [9.17, 15) is 0 Å². The zero-order valence-corrected chi connectivity index (χ0v) is 22.5. The molecule has 0 N–H and O–H groups in total. The Balaban J connectivity index is 1.33. The lowest BCUT2D eigenvalue weighted by molar-refractivity contribution is 0.310. The third-order valence-corrected chi connectivity index (χ3v) is 6.97. The fourth-order valence-electron chi connectivity index (χ4n) is 4.60. The number of benzene rings is 4. The molecule has 0 spiro atoms. The van der Waals surface area contributed by atoms with E-state index < -0.39 is 0 Å². The van der Waals surface area contributed by atoms with Crippen molar-refractivity contribution in [1.29, 1.82) is 0 Å². The van der Waals surface area contributed by atoms with E-state index >= 15 is 0 Å². The van der Waals surface area contributed by atoms with Crippen LogP contribution in [-0.2, 0) is 25.7 Å². The van der Waals surface area contributed by atoms with Crippen LogP contribution in [0, 0.1) is 11.8 Å². The van der Waals surface area contributed by atoms with Gasteiger partial charge in [0.15, 0.2) is 0 Å². The van der Waals surface area contributed by atoms with E-state index in [4.69, 9.17) is 0 Å². The quantitative estimate of drug-likeness (QED) is 0.181. The molecule has 0 aromatic heterocycles. The molecule has 0 atom stereocenters. The first-order chi connectivity index (χ1) is 18.8. The zero-order chi connectivity index (χ0) is 26.1. The first-order valence-electron chi connectivity index (χ1n) is 13.9. The molecule has 0 saturated heterocycles. The van der Waals surface area contributed by atoms with Gasteiger partial charge < -0.3 is 0 Å². The van der Waals surface area contributed by atoms with Crippen LogP contribution in [0.2, 0.25) is 0 Å². The predicted octanol–water partition coefficient (Wildman–Crippen LogP) is 6.56. The third kappa shape index (κ3) is 10.4. The Hall–Kier alpha value is -3.64. The highest BCUT2D eigenvalue weighted by Gasteiger charge is 2.07. The second kappa shape index (κ2) is 16.3. The molecule has 0 aliphatic carbocycles. The minimum absolute atomic E-state index is 0.810. The van der Waals surface area contributed by atoms with Crippen LogP contribution in [0.3, 0.4) is 0 Å². The molecule has 2 heteroatoms. The maximum absolute atomic E-state index is 3.52. The van der Waals surface area contributed by atoms with Crippen molar-refractivity contribution in [2.24, 2.45) is 0 Å². The van der Waals surface area contributed by atoms with Crippen LogP contribution in [-0.4, -0.2) is 49.1 Å². The minimum Gasteiger partial charge on any atom is -0.292 e. The highest BCUT2D eigenvalue weighted by atomic mass is 15.1. The van der Waals surface area contributed by atoms with Crippen molar-refractivity contribution in [3.63, 3.8) is 0 Å². The van der Waals surface area contributed by atoms with Gasteiger partial charge in [-0.25, -0.2) is 0 Å². The van der Waals surface area contributed by atoms with Gasteiger partial charge in [-0.3, -0.25) is 9.80 Å². The Morgan fingerprint density at radius 3 is 0.816 bits per heavy atom. The molecule has 4 rings (SSSR count). The van der Waals surface area contributed by atoms with E-state index in [-0.39, 0.29) is 0 Å². The Morgan fingerprint density at radius 1 is 0.342 bits per heavy atom. The van der Waals surface area contributed by atoms with Crippen LogP contribution in [0.5, 0.6) is 0 Å². The van der Waals surface area contributed by atoms with Gasteiger partial charge in [-0.15, -0.1) is 0 Å². The van der Waals surface area contributed by atoms with E-state index in [1.165, 1.54) is 22.3 Å². The first-order valence-corrected chi connectivity index (χ1v) is 13.9. The first kappa shape index (κ1) is 27.4. The molecule has 4 aromatic rings. The molecule has 0 unspecified atom stereocenters. The van der Waals surface area contributed by atoms with Crippen molar-refractivity contribution >= 4 is 0 Å². The van der Waals surface area contributed by atoms with Gasteiger partial charge in [0.1, 0.15) is 0 Å². The minimum atomic E-state index is 0.810. The van der Waals surface area contributed by atoms with Crippen LogP contribution in [0.15, 0.2) is 121 Å². The second-order valence-corrected chi connectivity index (χ2v) is 9.85. The van der Waals surface area contributed by atoms with Crippen molar-refractivity contribution < 1.29 is 0 Å². The summed E-state index contributed by atoms with van der Waals surface area (Å²) < 4.78 is 0. The van der Waals surface area contributed by atoms with Crippen LogP contribution in [0.4, 0.5) is 0 Å². The van der Waals surface area contributed by atoms with Gasteiger partial charge in [-0.2, -0.15) is 0 Å². The predicted molar refractivity (Wildman–Crippen MR) is 161 cm³/mol. The van der Waals surface area contributed by atoms with Crippen molar-refractivity contribution in [3.05, 3.63) is 144 Å². The molecule has 38 heavy (non-hydrogen) atoms. The van der Waals surface area contributed by atoms with E-state index in [1.54, 1.807) is 0 Å². The Bertz CT molecular complexity index is 1030. The molecule has 0 amide bonds. The highest BCUT2D eigenvalue weighted by Crippen LogP contribution is 2.06. The van der Waals surface area contributed by atoms with Gasteiger partial charge in [0.2, 0.25) is 0 Å². The van der Waals surface area contributed by atoms with Gasteiger partial charge in [0, 0.05) is 26.2 Å². The third-order valence-electron chi connectivity index (χ3n) is 6.97. The second-order valence-electron chi connectivity index (χ2n) is 9.85. The van der Waals surface area contributed by atoms with E-state index in [2.05, 4.69) is 143 Å². The summed E-state index contributed by atoms with van der Waals surface area (Å²) in [6, 6.07) is 43.1. The summed E-state index contributed by atoms with van der Waals surface area (Å²) in [6.45, 7) is 5.72. The summed E-state index contributed by atoms with van der Waals surface area (Å²) in [5.41, 5.74) is 5.55. The summed E-state index contributed by atoms with van der Waals surface area (Å²) in [6.07, 6.45) is 4.21. The van der Waals surface area contributed by atoms with E-state index in [1.807, 2.05) is 0 Å². The van der Waals surface area contributed by atoms with Gasteiger partial charge in [-0.05, 0) is 47.9 Å². The molecular formula is C36H40N2. The molecule has 4 aromatic carbocycles. The summed E-state index contributed by atoms with van der Waals surface area (Å²) in [5.74, 6) is 7.04. The Morgan fingerprint density at radius 2 is 0.579 bits per heavy atom. The molecule has 0 saturated carbocycles. The smallest absolute Gasteiger partial charge is 0.0602 e. The summed E-state index contributed by atoms with van der Waals surface area (Å²) in [7, 11) is 0. The summed E-state index contributed by atoms with van der Waals surface area (Å²) >= 11 is 0. The maximum Gasteiger partial charge on any atom is 0.0602 e. The molecule has 0 heterocycles. The molecule has 0 bridgehead atoms. The maximum atomic E-state index is 3.52. The lowest BCUT2D eigenvalue weighted by atomic mass is 10.1. The van der Waals surface area contributed by atoms with Crippen molar-refractivity contribution in [2.45, 2.75) is 25.7 Å². The Labute approximate surface area is 230 Å². The zero-order valence-electron chi connectivity index (χ0n) is 22.5. The van der Waals surface area contributed by atoms with Gasteiger partial charge in [-0.1, -0.05) is 133 Å². The average molecular weight is 501 g/mol. The number of hydrogen-bond donors (Lipinski definition) is 0. The molecule has 194 valence electrons. The fourth-order valence-corrected chi connectivity index (χ4v) is 4.60. The SMILES string of the molecule is C(#CCN(CCc1ccccc1)CCc1ccccc1)CN(CCc1ccccc1)CCc1ccccc1. The van der Waals surface area contributed by atoms with Crippen molar-refractivity contribution in [3.8, 4) is 11.8 Å². The summed E-state index contributed by atoms with van der Waals surface area (Å²) in [4.78, 5) is 5.01. The van der Waals surface area contributed by atoms with Gasteiger partial charge >= 0.3 is 0 Å². The van der Waals surface area contributed by atoms with Crippen LogP contribution < -0.4 is 0 Å². The average Bonchev–Trinajstić information content (AvgIpc) is 2.99. The van der Waals surface area contributed by atoms with Gasteiger partial charge in [0.25, 0.3) is 0 Å². The number of rotatable bonds is 14. The monoisotopic (exact) mass is 500 g/mol. The van der Waals surface area contributed by atoms with Gasteiger partial charge in [0.05, 0.1) is 13.1 Å². The largest absolute Gasteiger partial charge is 0.292 e. The summed E-state index contributed by atoms with van der Waals surface area (Å²) in [5, 5.41) is 0. The lowest BCUT2D eigenvalue weighted by Crippen LogP contribution is -2.30. The fraction of sp³-hybridized carbons (Fsp3) is 0.278. The molecule has 0 fully saturated rings. The highest BCUT2D eigenvalue weighted by molar-refractivity contribution is 5.18. The number of nitrogens with zero attached hydrogens (tertiary/aromatic N) is 2. The molecule has 0 aliphatic heterocycles. The van der Waals surface area contributed by atoms with Crippen molar-refractivity contribution in [1.82, 2.24) is 9.80 Å². The van der Waals surface area contributed by atoms with E-state index in [0.29, 0.717) is 0 Å². The molecule has 0 aliphatic rings. The lowest BCUT2D eigenvalue weighted by Gasteiger charge is -2.21. The topological polar surface area (TPSA) is 6.48 Å².